The minimum Gasteiger partial charge on any atom is -0.309 e. The number of unbranched alkanes of at least 4 members (excludes halogenated alkanes) is 7. The van der Waals surface area contributed by atoms with Gasteiger partial charge in [0.1, 0.15) is 0 Å². The summed E-state index contributed by atoms with van der Waals surface area (Å²) in [6.07, 6.45) is 18.4. The van der Waals surface area contributed by atoms with Crippen LogP contribution in [0.25, 0.3) is 23.3 Å². The predicted molar refractivity (Wildman–Crippen MR) is 148 cm³/mol. The van der Waals surface area contributed by atoms with Gasteiger partial charge in [-0.05, 0) is 73.3 Å². The third kappa shape index (κ3) is 6.07. The highest BCUT2D eigenvalue weighted by Gasteiger charge is 2.42. The summed E-state index contributed by atoms with van der Waals surface area (Å²) in [4.78, 5) is 2.30. The van der Waals surface area contributed by atoms with Crippen molar-refractivity contribution in [1.82, 2.24) is 4.90 Å². The highest BCUT2D eigenvalue weighted by Crippen LogP contribution is 2.54. The molecule has 1 nitrogen and oxygen atoms in total. The lowest BCUT2D eigenvalue weighted by molar-refractivity contribution is 0.375. The Kier molecular flexibility index (Phi) is 9.56. The van der Waals surface area contributed by atoms with E-state index in [2.05, 4.69) is 75.5 Å². The summed E-state index contributed by atoms with van der Waals surface area (Å²) in [6, 6.07) is 14.0. The van der Waals surface area contributed by atoms with Gasteiger partial charge < -0.3 is 4.90 Å². The van der Waals surface area contributed by atoms with Crippen molar-refractivity contribution in [3.05, 3.63) is 71.8 Å². The second-order valence-electron chi connectivity index (χ2n) is 10.2. The molecule has 2 aromatic carbocycles. The molecule has 0 fully saturated rings. The summed E-state index contributed by atoms with van der Waals surface area (Å²) in [5.74, 6) is 0. The van der Waals surface area contributed by atoms with Crippen molar-refractivity contribution in [3.63, 3.8) is 0 Å². The number of benzene rings is 2. The molecule has 3 rings (SSSR count). The predicted octanol–water partition coefficient (Wildman–Crippen LogP) is 9.11. The van der Waals surface area contributed by atoms with Crippen LogP contribution in [0, 0.1) is 0 Å². The van der Waals surface area contributed by atoms with Crippen molar-refractivity contribution in [2.75, 3.05) is 20.6 Å². The quantitative estimate of drug-likeness (QED) is 0.248. The van der Waals surface area contributed by atoms with E-state index in [4.69, 9.17) is 0 Å². The molecule has 2 aromatic rings. The zero-order chi connectivity index (χ0) is 23.7. The molecule has 0 saturated carbocycles. The van der Waals surface area contributed by atoms with Crippen molar-refractivity contribution in [2.45, 2.75) is 83.0 Å². The minimum absolute atomic E-state index is 0.121. The van der Waals surface area contributed by atoms with E-state index in [0.717, 1.165) is 0 Å². The molecule has 0 spiro atoms. The lowest BCUT2D eigenvalue weighted by Crippen LogP contribution is -2.26. The maximum Gasteiger partial charge on any atom is 0.0215 e. The van der Waals surface area contributed by atoms with Gasteiger partial charge in [-0.3, -0.25) is 0 Å². The Morgan fingerprint density at radius 1 is 0.697 bits per heavy atom. The van der Waals surface area contributed by atoms with Gasteiger partial charge >= 0.3 is 0 Å². The molecular weight excluding hydrogens is 398 g/mol. The van der Waals surface area contributed by atoms with Gasteiger partial charge in [0.05, 0.1) is 0 Å². The third-order valence-electron chi connectivity index (χ3n) is 7.55. The Labute approximate surface area is 203 Å². The molecule has 1 heteroatoms. The van der Waals surface area contributed by atoms with Crippen LogP contribution >= 0.6 is 0 Å². The summed E-state index contributed by atoms with van der Waals surface area (Å²) in [6.45, 7) is 11.6. The Morgan fingerprint density at radius 3 is 1.64 bits per heavy atom. The molecule has 0 saturated heterocycles. The fourth-order valence-electron chi connectivity index (χ4n) is 5.69. The summed E-state index contributed by atoms with van der Waals surface area (Å²) in [7, 11) is 4.35. The Morgan fingerprint density at radius 2 is 1.18 bits per heavy atom. The van der Waals surface area contributed by atoms with Gasteiger partial charge in [0.25, 0.3) is 0 Å². The number of nitrogens with zero attached hydrogens (tertiary/aromatic N) is 1. The van der Waals surface area contributed by atoms with Gasteiger partial charge in [-0.15, -0.1) is 0 Å². The number of hydrogen-bond donors (Lipinski definition) is 0. The summed E-state index contributed by atoms with van der Waals surface area (Å²) < 4.78 is 0. The van der Waals surface area contributed by atoms with Gasteiger partial charge in [-0.1, -0.05) is 120 Å². The maximum absolute atomic E-state index is 4.07. The topological polar surface area (TPSA) is 3.24 Å². The summed E-state index contributed by atoms with van der Waals surface area (Å²) in [5.41, 5.74) is 8.56. The van der Waals surface area contributed by atoms with Gasteiger partial charge in [-0.2, -0.15) is 0 Å². The SMILES string of the molecule is C=Cc1ccc2c(c1)C(CCCCCCC)(CCCCCCN(C)C)c1cc(C=C)ccc1-2. The van der Waals surface area contributed by atoms with E-state index in [1.807, 2.05) is 12.2 Å². The van der Waals surface area contributed by atoms with Gasteiger partial charge in [0.2, 0.25) is 0 Å². The summed E-state index contributed by atoms with van der Waals surface area (Å²) in [5, 5.41) is 0. The fraction of sp³-hybridized carbons (Fsp3) is 0.500. The fourth-order valence-corrected chi connectivity index (χ4v) is 5.69. The van der Waals surface area contributed by atoms with Crippen LogP contribution in [-0.2, 0) is 5.41 Å². The van der Waals surface area contributed by atoms with E-state index in [0.29, 0.717) is 0 Å². The van der Waals surface area contributed by atoms with Crippen molar-refractivity contribution >= 4 is 12.2 Å². The normalized spacial score (nSPS) is 13.7. The van der Waals surface area contributed by atoms with Crippen molar-refractivity contribution in [3.8, 4) is 11.1 Å². The molecule has 0 aromatic heterocycles. The minimum atomic E-state index is 0.121. The zero-order valence-electron chi connectivity index (χ0n) is 21.5. The van der Waals surface area contributed by atoms with E-state index >= 15 is 0 Å². The van der Waals surface area contributed by atoms with Crippen molar-refractivity contribution in [2.24, 2.45) is 0 Å². The molecule has 0 heterocycles. The van der Waals surface area contributed by atoms with Gasteiger partial charge in [0, 0.05) is 5.41 Å². The first-order valence-corrected chi connectivity index (χ1v) is 13.2. The zero-order valence-corrected chi connectivity index (χ0v) is 21.5. The average molecular weight is 444 g/mol. The first-order chi connectivity index (χ1) is 16.1. The molecule has 1 aliphatic carbocycles. The number of rotatable bonds is 15. The molecule has 0 N–H and O–H groups in total. The molecule has 178 valence electrons. The maximum atomic E-state index is 4.07. The third-order valence-corrected chi connectivity index (χ3v) is 7.55. The van der Waals surface area contributed by atoms with Crippen LogP contribution in [0.3, 0.4) is 0 Å². The standard InChI is InChI=1S/C32H45N/c1-6-9-10-11-14-21-32(22-15-12-13-16-23-33(4)5)30-24-26(7-2)17-19-28(30)29-20-18-27(8-3)25-31(29)32/h7-8,17-20,24-25H,2-3,6,9-16,21-23H2,1,4-5H3. The van der Waals surface area contributed by atoms with Crippen LogP contribution < -0.4 is 0 Å². The van der Waals surface area contributed by atoms with E-state index in [9.17, 15) is 0 Å². The molecule has 0 aliphatic heterocycles. The Hall–Kier alpha value is -2.12. The van der Waals surface area contributed by atoms with E-state index < -0.39 is 0 Å². The number of hydrogen-bond acceptors (Lipinski definition) is 1. The van der Waals surface area contributed by atoms with Crippen LogP contribution in [0.4, 0.5) is 0 Å². The second-order valence-corrected chi connectivity index (χ2v) is 10.2. The van der Waals surface area contributed by atoms with Gasteiger partial charge in [-0.25, -0.2) is 0 Å². The Bertz CT molecular complexity index is 863. The summed E-state index contributed by atoms with van der Waals surface area (Å²) >= 11 is 0. The first-order valence-electron chi connectivity index (χ1n) is 13.2. The first kappa shape index (κ1) is 25.5. The lowest BCUT2D eigenvalue weighted by atomic mass is 9.70. The van der Waals surface area contributed by atoms with Gasteiger partial charge in [0.15, 0.2) is 0 Å². The number of fused-ring (bicyclic) bond motifs is 3. The van der Waals surface area contributed by atoms with Crippen LogP contribution in [-0.4, -0.2) is 25.5 Å². The molecule has 0 bridgehead atoms. The largest absolute Gasteiger partial charge is 0.309 e. The van der Waals surface area contributed by atoms with Crippen LogP contribution in [0.2, 0.25) is 0 Å². The average Bonchev–Trinajstić information content (AvgIpc) is 3.09. The highest BCUT2D eigenvalue weighted by atomic mass is 15.0. The highest BCUT2D eigenvalue weighted by molar-refractivity contribution is 5.83. The van der Waals surface area contributed by atoms with Crippen molar-refractivity contribution in [1.29, 1.82) is 0 Å². The van der Waals surface area contributed by atoms with Crippen LogP contribution in [0.5, 0.6) is 0 Å². The Balaban J connectivity index is 1.93. The van der Waals surface area contributed by atoms with E-state index in [1.54, 1.807) is 11.1 Å². The van der Waals surface area contributed by atoms with E-state index in [-0.39, 0.29) is 5.41 Å². The molecular formula is C32H45N. The second kappa shape index (κ2) is 12.4. The lowest BCUT2D eigenvalue weighted by Gasteiger charge is -2.33. The van der Waals surface area contributed by atoms with Crippen LogP contribution in [0.15, 0.2) is 49.6 Å². The molecule has 0 amide bonds. The van der Waals surface area contributed by atoms with Crippen molar-refractivity contribution < 1.29 is 0 Å². The molecule has 33 heavy (non-hydrogen) atoms. The van der Waals surface area contributed by atoms with Crippen LogP contribution in [0.1, 0.15) is 99.8 Å². The molecule has 0 radical (unpaired) electrons. The molecule has 0 atom stereocenters. The smallest absolute Gasteiger partial charge is 0.0215 e. The molecule has 0 unspecified atom stereocenters. The molecule has 1 aliphatic rings. The van der Waals surface area contributed by atoms with E-state index in [1.165, 1.54) is 99.4 Å². The monoisotopic (exact) mass is 443 g/mol.